The molecule has 1 heterocycles. The van der Waals surface area contributed by atoms with Gasteiger partial charge >= 0.3 is 0 Å². The summed E-state index contributed by atoms with van der Waals surface area (Å²) in [5.74, 6) is 0.989. The number of carbonyl (C=O) groups is 2. The van der Waals surface area contributed by atoms with E-state index in [1.54, 1.807) is 24.3 Å². The lowest BCUT2D eigenvalue weighted by Gasteiger charge is -2.06. The number of nitrogens with zero attached hydrogens (tertiary/aromatic N) is 1. The molecular weight excluding hydrogens is 312 g/mol. The molecule has 5 nitrogen and oxygen atoms in total. The van der Waals surface area contributed by atoms with E-state index in [0.717, 1.165) is 5.69 Å². The predicted octanol–water partition coefficient (Wildman–Crippen LogP) is 3.63. The normalized spacial score (nSPS) is 13.6. The lowest BCUT2D eigenvalue weighted by molar-refractivity contribution is -0.118. The number of carbonyl (C=O) groups excluding carboxylic acids is 2. The van der Waals surface area contributed by atoms with Gasteiger partial charge in [0.2, 0.25) is 0 Å². The van der Waals surface area contributed by atoms with Crippen molar-refractivity contribution in [3.05, 3.63) is 40.9 Å². The van der Waals surface area contributed by atoms with E-state index >= 15 is 0 Å². The molecule has 0 unspecified atom stereocenters. The third kappa shape index (κ3) is 4.16. The molecule has 0 aliphatic heterocycles. The number of Topliss-reactive ketones (excluding diaryl/α,β-unsaturated/α-hetero) is 1. The molecule has 0 spiro atoms. The van der Waals surface area contributed by atoms with Crippen molar-refractivity contribution in [1.82, 2.24) is 4.98 Å². The summed E-state index contributed by atoms with van der Waals surface area (Å²) >= 11 is 1.44. The molecule has 3 rings (SSSR count). The SMILES string of the molecule is CCC(=O)c1ccc(OCC(=O)Nc2nc(C3CC3)cs2)cc1. The zero-order valence-corrected chi connectivity index (χ0v) is 13.7. The monoisotopic (exact) mass is 330 g/mol. The number of ketones is 1. The van der Waals surface area contributed by atoms with Crippen LogP contribution in [0.25, 0.3) is 0 Å². The predicted molar refractivity (Wildman–Crippen MR) is 89.3 cm³/mol. The van der Waals surface area contributed by atoms with Gasteiger partial charge in [0.1, 0.15) is 5.75 Å². The van der Waals surface area contributed by atoms with Crippen LogP contribution in [0.3, 0.4) is 0 Å². The first-order valence-electron chi connectivity index (χ1n) is 7.67. The number of hydrogen-bond donors (Lipinski definition) is 1. The van der Waals surface area contributed by atoms with Crippen LogP contribution in [0.5, 0.6) is 5.75 Å². The second kappa shape index (κ2) is 6.91. The van der Waals surface area contributed by atoms with Gasteiger partial charge in [-0.15, -0.1) is 11.3 Å². The van der Waals surface area contributed by atoms with Crippen LogP contribution < -0.4 is 10.1 Å². The van der Waals surface area contributed by atoms with Crippen LogP contribution >= 0.6 is 11.3 Å². The molecule has 6 heteroatoms. The van der Waals surface area contributed by atoms with Gasteiger partial charge in [-0.2, -0.15) is 0 Å². The van der Waals surface area contributed by atoms with Crippen LogP contribution in [0.4, 0.5) is 5.13 Å². The lowest BCUT2D eigenvalue weighted by atomic mass is 10.1. The number of thiazole rings is 1. The van der Waals surface area contributed by atoms with Crippen molar-refractivity contribution >= 4 is 28.2 Å². The van der Waals surface area contributed by atoms with E-state index in [2.05, 4.69) is 10.3 Å². The molecule has 2 aromatic rings. The first-order valence-corrected chi connectivity index (χ1v) is 8.55. The van der Waals surface area contributed by atoms with E-state index in [1.807, 2.05) is 12.3 Å². The maximum atomic E-state index is 11.9. The van der Waals surface area contributed by atoms with E-state index in [1.165, 1.54) is 24.2 Å². The van der Waals surface area contributed by atoms with Crippen LogP contribution in [-0.4, -0.2) is 23.3 Å². The number of hydrogen-bond acceptors (Lipinski definition) is 5. The van der Waals surface area contributed by atoms with E-state index < -0.39 is 0 Å². The minimum atomic E-state index is -0.240. The van der Waals surface area contributed by atoms with E-state index in [0.29, 0.717) is 28.8 Å². The molecule has 1 saturated carbocycles. The molecule has 1 amide bonds. The molecule has 0 bridgehead atoms. The van der Waals surface area contributed by atoms with Crippen molar-refractivity contribution < 1.29 is 14.3 Å². The van der Waals surface area contributed by atoms with Crippen LogP contribution in [0.2, 0.25) is 0 Å². The second-order valence-corrected chi connectivity index (χ2v) is 6.35. The third-order valence-corrected chi connectivity index (χ3v) is 4.41. The van der Waals surface area contributed by atoms with Gasteiger partial charge < -0.3 is 4.74 Å². The Bertz CT molecular complexity index is 705. The van der Waals surface area contributed by atoms with Crippen molar-refractivity contribution in [1.29, 1.82) is 0 Å². The molecule has 1 N–H and O–H groups in total. The standard InChI is InChI=1S/C17H18N2O3S/c1-2-15(20)12-5-7-13(8-6-12)22-9-16(21)19-17-18-14(10-23-17)11-3-4-11/h5-8,10-11H,2-4,9H2,1H3,(H,18,19,21). The summed E-state index contributed by atoms with van der Waals surface area (Å²) in [5, 5.41) is 5.36. The minimum Gasteiger partial charge on any atom is -0.484 e. The van der Waals surface area contributed by atoms with Gasteiger partial charge in [0.15, 0.2) is 17.5 Å². The molecule has 0 saturated heterocycles. The molecule has 120 valence electrons. The average molecular weight is 330 g/mol. The number of aromatic nitrogens is 1. The summed E-state index contributed by atoms with van der Waals surface area (Å²) in [5.41, 5.74) is 1.72. The zero-order chi connectivity index (χ0) is 16.2. The number of rotatable bonds is 7. The number of anilines is 1. The first-order chi connectivity index (χ1) is 11.2. The lowest BCUT2D eigenvalue weighted by Crippen LogP contribution is -2.20. The maximum Gasteiger partial charge on any atom is 0.264 e. The van der Waals surface area contributed by atoms with Crippen molar-refractivity contribution in [3.8, 4) is 5.75 Å². The van der Waals surface area contributed by atoms with Crippen molar-refractivity contribution in [3.63, 3.8) is 0 Å². The second-order valence-electron chi connectivity index (χ2n) is 5.49. The Balaban J connectivity index is 1.48. The Hall–Kier alpha value is -2.21. The minimum absolute atomic E-state index is 0.0839. The summed E-state index contributed by atoms with van der Waals surface area (Å²) in [6, 6.07) is 6.82. The molecule has 1 aromatic heterocycles. The van der Waals surface area contributed by atoms with Crippen molar-refractivity contribution in [2.24, 2.45) is 0 Å². The summed E-state index contributed by atoms with van der Waals surface area (Å²) < 4.78 is 5.43. The highest BCUT2D eigenvalue weighted by molar-refractivity contribution is 7.13. The fourth-order valence-corrected chi connectivity index (χ4v) is 2.96. The van der Waals surface area contributed by atoms with Crippen LogP contribution in [0.15, 0.2) is 29.6 Å². The van der Waals surface area contributed by atoms with Gasteiger partial charge in [0.25, 0.3) is 5.91 Å². The molecule has 23 heavy (non-hydrogen) atoms. The molecule has 0 radical (unpaired) electrons. The van der Waals surface area contributed by atoms with Gasteiger partial charge in [-0.1, -0.05) is 6.92 Å². The largest absolute Gasteiger partial charge is 0.484 e. The third-order valence-electron chi connectivity index (χ3n) is 3.63. The first kappa shape index (κ1) is 15.7. The fraction of sp³-hybridized carbons (Fsp3) is 0.353. The maximum absolute atomic E-state index is 11.9. The Morgan fingerprint density at radius 3 is 2.70 bits per heavy atom. The van der Waals surface area contributed by atoms with Crippen LogP contribution in [0.1, 0.15) is 48.2 Å². The van der Waals surface area contributed by atoms with Crippen molar-refractivity contribution in [2.45, 2.75) is 32.1 Å². The highest BCUT2D eigenvalue weighted by Gasteiger charge is 2.26. The van der Waals surface area contributed by atoms with Crippen LogP contribution in [0, 0.1) is 0 Å². The van der Waals surface area contributed by atoms with Gasteiger partial charge in [0, 0.05) is 23.3 Å². The summed E-state index contributed by atoms with van der Waals surface area (Å²) in [6.07, 6.45) is 2.85. The summed E-state index contributed by atoms with van der Waals surface area (Å²) in [6.45, 7) is 1.74. The van der Waals surface area contributed by atoms with Gasteiger partial charge in [0.05, 0.1) is 5.69 Å². The summed E-state index contributed by atoms with van der Waals surface area (Å²) in [7, 11) is 0. The molecule has 1 fully saturated rings. The fourth-order valence-electron chi connectivity index (χ4n) is 2.16. The average Bonchev–Trinajstić information content (AvgIpc) is 3.33. The Morgan fingerprint density at radius 2 is 2.04 bits per heavy atom. The van der Waals surface area contributed by atoms with E-state index in [-0.39, 0.29) is 18.3 Å². The highest BCUT2D eigenvalue weighted by Crippen LogP contribution is 2.40. The molecule has 1 aliphatic rings. The molecular formula is C17H18N2O3S. The Kier molecular flexibility index (Phi) is 4.71. The topological polar surface area (TPSA) is 68.3 Å². The number of benzene rings is 1. The zero-order valence-electron chi connectivity index (χ0n) is 12.9. The molecule has 1 aliphatic carbocycles. The Labute approximate surface area is 138 Å². The highest BCUT2D eigenvalue weighted by atomic mass is 32.1. The van der Waals surface area contributed by atoms with E-state index in [4.69, 9.17) is 4.74 Å². The number of ether oxygens (including phenoxy) is 1. The molecule has 0 atom stereocenters. The van der Waals surface area contributed by atoms with Gasteiger partial charge in [-0.25, -0.2) is 4.98 Å². The van der Waals surface area contributed by atoms with Gasteiger partial charge in [-0.05, 0) is 37.1 Å². The van der Waals surface area contributed by atoms with Crippen molar-refractivity contribution in [2.75, 3.05) is 11.9 Å². The van der Waals surface area contributed by atoms with Gasteiger partial charge in [-0.3, -0.25) is 14.9 Å². The van der Waals surface area contributed by atoms with E-state index in [9.17, 15) is 9.59 Å². The Morgan fingerprint density at radius 1 is 1.30 bits per heavy atom. The molecule has 1 aromatic carbocycles. The smallest absolute Gasteiger partial charge is 0.264 e. The van der Waals surface area contributed by atoms with Crippen LogP contribution in [-0.2, 0) is 4.79 Å². The quantitative estimate of drug-likeness (QED) is 0.787. The number of amides is 1. The summed E-state index contributed by atoms with van der Waals surface area (Å²) in [4.78, 5) is 27.8. The number of nitrogens with one attached hydrogen (secondary N) is 1.